The van der Waals surface area contributed by atoms with Gasteiger partial charge in [-0.15, -0.1) is 0 Å². The van der Waals surface area contributed by atoms with E-state index in [1.807, 2.05) is 25.1 Å². The van der Waals surface area contributed by atoms with Gasteiger partial charge in [-0.05, 0) is 43.7 Å². The Bertz CT molecular complexity index is 879. The average Bonchev–Trinajstić information content (AvgIpc) is 3.20. The van der Waals surface area contributed by atoms with E-state index in [1.54, 1.807) is 25.1 Å². The Labute approximate surface area is 168 Å². The number of urea groups is 1. The fraction of sp³-hybridized carbons (Fsp3) is 0.300. The fourth-order valence-electron chi connectivity index (χ4n) is 3.03. The summed E-state index contributed by atoms with van der Waals surface area (Å²) >= 11 is 6.06. The Balaban J connectivity index is 1.87. The number of esters is 1. The second kappa shape index (κ2) is 8.95. The van der Waals surface area contributed by atoms with Gasteiger partial charge in [0.15, 0.2) is 0 Å². The molecule has 1 aromatic carbocycles. The van der Waals surface area contributed by atoms with Gasteiger partial charge in [0.05, 0.1) is 18.4 Å². The molecule has 1 aliphatic rings. The molecule has 8 heteroatoms. The Morgan fingerprint density at radius 2 is 2.18 bits per heavy atom. The van der Waals surface area contributed by atoms with E-state index < -0.39 is 18.0 Å². The molecule has 7 nitrogen and oxygen atoms in total. The van der Waals surface area contributed by atoms with Gasteiger partial charge in [0.1, 0.15) is 11.8 Å². The van der Waals surface area contributed by atoms with Crippen LogP contribution >= 0.6 is 11.6 Å². The number of hydrogen-bond acceptors (Lipinski definition) is 5. The molecule has 0 fully saturated rings. The van der Waals surface area contributed by atoms with Crippen LogP contribution in [0.3, 0.4) is 0 Å². The average molecular weight is 404 g/mol. The second-order valence-corrected chi connectivity index (χ2v) is 6.75. The molecule has 3 N–H and O–H groups in total. The molecule has 1 aliphatic heterocycles. The lowest BCUT2D eigenvalue weighted by Gasteiger charge is -2.28. The zero-order valence-corrected chi connectivity index (χ0v) is 16.4. The first-order valence-corrected chi connectivity index (χ1v) is 9.37. The lowest BCUT2D eigenvalue weighted by Crippen LogP contribution is -2.48. The molecule has 148 valence electrons. The molecule has 0 unspecified atom stereocenters. The van der Waals surface area contributed by atoms with Gasteiger partial charge in [0, 0.05) is 23.3 Å². The van der Waals surface area contributed by atoms with Crippen LogP contribution in [0.4, 0.5) is 4.79 Å². The van der Waals surface area contributed by atoms with Crippen LogP contribution in [-0.2, 0) is 9.53 Å². The van der Waals surface area contributed by atoms with Crippen molar-refractivity contribution >= 4 is 23.6 Å². The zero-order chi connectivity index (χ0) is 20.1. The molecule has 0 aliphatic carbocycles. The predicted octanol–water partition coefficient (Wildman–Crippen LogP) is 3.45. The minimum atomic E-state index is -0.721. The highest BCUT2D eigenvalue weighted by atomic mass is 35.5. The van der Waals surface area contributed by atoms with Crippen LogP contribution < -0.4 is 16.0 Å². The number of halogens is 1. The zero-order valence-electron chi connectivity index (χ0n) is 15.6. The second-order valence-electron chi connectivity index (χ2n) is 6.32. The van der Waals surface area contributed by atoms with Crippen LogP contribution in [0, 0.1) is 0 Å². The van der Waals surface area contributed by atoms with Crippen molar-refractivity contribution in [3.8, 4) is 0 Å². The molecule has 0 radical (unpaired) electrons. The minimum absolute atomic E-state index is 0.0523. The third kappa shape index (κ3) is 4.55. The molecular formula is C20H22ClN3O4. The Kier molecular flexibility index (Phi) is 6.38. The largest absolute Gasteiger partial charge is 0.467 e. The van der Waals surface area contributed by atoms with Crippen molar-refractivity contribution in [3.63, 3.8) is 0 Å². The maximum Gasteiger partial charge on any atom is 0.338 e. The van der Waals surface area contributed by atoms with Gasteiger partial charge in [0.2, 0.25) is 0 Å². The SMILES string of the molecule is CCOC(=O)C1=C(CN[C@H](C)c2cccc(Cl)c2)NC(=O)N[C@H]1c1ccco1. The van der Waals surface area contributed by atoms with Crippen LogP contribution in [0.15, 0.2) is 58.3 Å². The summed E-state index contributed by atoms with van der Waals surface area (Å²) in [6.45, 7) is 4.19. The quantitative estimate of drug-likeness (QED) is 0.616. The summed E-state index contributed by atoms with van der Waals surface area (Å²) in [5, 5.41) is 9.39. The summed E-state index contributed by atoms with van der Waals surface area (Å²) in [7, 11) is 0. The number of furan rings is 1. The number of amides is 2. The first-order chi connectivity index (χ1) is 13.5. The van der Waals surface area contributed by atoms with Crippen molar-refractivity contribution in [1.29, 1.82) is 0 Å². The van der Waals surface area contributed by atoms with E-state index >= 15 is 0 Å². The van der Waals surface area contributed by atoms with Crippen molar-refractivity contribution in [2.75, 3.05) is 13.2 Å². The van der Waals surface area contributed by atoms with Crippen LogP contribution in [-0.4, -0.2) is 25.2 Å². The molecule has 2 heterocycles. The van der Waals surface area contributed by atoms with Crippen LogP contribution in [0.25, 0.3) is 0 Å². The van der Waals surface area contributed by atoms with Gasteiger partial charge in [-0.25, -0.2) is 9.59 Å². The van der Waals surface area contributed by atoms with Crippen LogP contribution in [0.1, 0.15) is 37.3 Å². The summed E-state index contributed by atoms with van der Waals surface area (Å²) in [6, 6.07) is 9.72. The fourth-order valence-corrected chi connectivity index (χ4v) is 3.22. The van der Waals surface area contributed by atoms with E-state index in [0.29, 0.717) is 22.1 Å². The number of ether oxygens (including phenoxy) is 1. The third-order valence-corrected chi connectivity index (χ3v) is 4.65. The van der Waals surface area contributed by atoms with Gasteiger partial charge in [-0.1, -0.05) is 23.7 Å². The van der Waals surface area contributed by atoms with Gasteiger partial charge in [-0.3, -0.25) is 0 Å². The number of benzene rings is 1. The summed E-state index contributed by atoms with van der Waals surface area (Å²) in [4.78, 5) is 24.8. The molecule has 0 bridgehead atoms. The molecule has 28 heavy (non-hydrogen) atoms. The smallest absolute Gasteiger partial charge is 0.338 e. The normalized spacial score (nSPS) is 17.7. The van der Waals surface area contributed by atoms with Crippen LogP contribution in [0.5, 0.6) is 0 Å². The monoisotopic (exact) mass is 403 g/mol. The van der Waals surface area contributed by atoms with Crippen molar-refractivity contribution in [3.05, 3.63) is 70.3 Å². The van der Waals surface area contributed by atoms with Crippen molar-refractivity contribution in [2.24, 2.45) is 0 Å². The van der Waals surface area contributed by atoms with E-state index in [1.165, 1.54) is 6.26 Å². The topological polar surface area (TPSA) is 92.6 Å². The highest BCUT2D eigenvalue weighted by Gasteiger charge is 2.35. The lowest BCUT2D eigenvalue weighted by molar-refractivity contribution is -0.139. The van der Waals surface area contributed by atoms with Gasteiger partial charge in [-0.2, -0.15) is 0 Å². The Morgan fingerprint density at radius 1 is 1.36 bits per heavy atom. The van der Waals surface area contributed by atoms with E-state index in [-0.39, 0.29) is 19.2 Å². The minimum Gasteiger partial charge on any atom is -0.467 e. The number of carbonyl (C=O) groups excluding carboxylic acids is 2. The Morgan fingerprint density at radius 3 is 2.86 bits per heavy atom. The standard InChI is InChI=1S/C20H22ClN3O4/c1-3-27-19(25)17-15(11-22-12(2)13-6-4-7-14(21)10-13)23-20(26)24-18(17)16-8-5-9-28-16/h4-10,12,18,22H,3,11H2,1-2H3,(H2,23,24,26)/t12-,18+/m1/s1. The predicted molar refractivity (Wildman–Crippen MR) is 105 cm³/mol. The molecule has 1 aromatic heterocycles. The molecule has 0 spiro atoms. The molecule has 2 amide bonds. The first-order valence-electron chi connectivity index (χ1n) is 8.99. The molecule has 3 rings (SSSR count). The molecule has 0 saturated heterocycles. The summed E-state index contributed by atoms with van der Waals surface area (Å²) in [5.74, 6) is -0.0538. The van der Waals surface area contributed by atoms with E-state index in [0.717, 1.165) is 5.56 Å². The van der Waals surface area contributed by atoms with E-state index in [9.17, 15) is 9.59 Å². The van der Waals surface area contributed by atoms with Crippen molar-refractivity contribution in [2.45, 2.75) is 25.9 Å². The maximum absolute atomic E-state index is 12.6. The maximum atomic E-state index is 12.6. The number of carbonyl (C=O) groups is 2. The van der Waals surface area contributed by atoms with Gasteiger partial charge < -0.3 is 25.1 Å². The van der Waals surface area contributed by atoms with E-state index in [2.05, 4.69) is 16.0 Å². The van der Waals surface area contributed by atoms with Gasteiger partial charge in [0.25, 0.3) is 0 Å². The summed E-state index contributed by atoms with van der Waals surface area (Å²) < 4.78 is 10.6. The van der Waals surface area contributed by atoms with E-state index in [4.69, 9.17) is 20.8 Å². The lowest BCUT2D eigenvalue weighted by atomic mass is 9.99. The first kappa shape index (κ1) is 20.0. The molecular weight excluding hydrogens is 382 g/mol. The van der Waals surface area contributed by atoms with Crippen LogP contribution in [0.2, 0.25) is 5.02 Å². The molecule has 0 saturated carbocycles. The highest BCUT2D eigenvalue weighted by molar-refractivity contribution is 6.30. The Hall–Kier alpha value is -2.77. The third-order valence-electron chi connectivity index (χ3n) is 4.41. The highest BCUT2D eigenvalue weighted by Crippen LogP contribution is 2.28. The molecule has 2 atom stereocenters. The van der Waals surface area contributed by atoms with Crippen molar-refractivity contribution < 1.29 is 18.7 Å². The molecule has 2 aromatic rings. The van der Waals surface area contributed by atoms with Crippen molar-refractivity contribution in [1.82, 2.24) is 16.0 Å². The number of rotatable bonds is 7. The number of nitrogens with one attached hydrogen (secondary N) is 3. The van der Waals surface area contributed by atoms with Gasteiger partial charge >= 0.3 is 12.0 Å². The summed E-state index contributed by atoms with van der Waals surface area (Å²) in [5.41, 5.74) is 1.74. The number of hydrogen-bond donors (Lipinski definition) is 3. The summed E-state index contributed by atoms with van der Waals surface area (Å²) in [6.07, 6.45) is 1.49.